The van der Waals surface area contributed by atoms with Crippen molar-refractivity contribution in [2.24, 2.45) is 4.99 Å². The Hall–Kier alpha value is -1.32. The van der Waals surface area contributed by atoms with Crippen LogP contribution in [0.15, 0.2) is 52.4 Å². The predicted molar refractivity (Wildman–Crippen MR) is 106 cm³/mol. The van der Waals surface area contributed by atoms with Crippen molar-refractivity contribution >= 4 is 17.3 Å². The zero-order chi connectivity index (χ0) is 17.6. The Labute approximate surface area is 156 Å². The van der Waals surface area contributed by atoms with Gasteiger partial charge in [-0.25, -0.2) is 0 Å². The van der Waals surface area contributed by atoms with E-state index in [4.69, 9.17) is 16.3 Å². The molecule has 0 amide bonds. The van der Waals surface area contributed by atoms with Gasteiger partial charge >= 0.3 is 0 Å². The molecule has 0 aromatic rings. The minimum atomic E-state index is -0.133. The maximum Gasteiger partial charge on any atom is 0.151 e. The van der Waals surface area contributed by atoms with Crippen molar-refractivity contribution in [3.63, 3.8) is 0 Å². The first-order valence-corrected chi connectivity index (χ1v) is 10.1. The predicted octanol–water partition coefficient (Wildman–Crippen LogP) is 5.35. The summed E-state index contributed by atoms with van der Waals surface area (Å²) >= 11 is 6.56. The molecule has 25 heavy (non-hydrogen) atoms. The molecule has 0 aromatic carbocycles. The van der Waals surface area contributed by atoms with E-state index in [0.29, 0.717) is 12.8 Å². The van der Waals surface area contributed by atoms with E-state index in [0.717, 1.165) is 30.0 Å². The van der Waals surface area contributed by atoms with Crippen molar-refractivity contribution < 1.29 is 4.74 Å². The summed E-state index contributed by atoms with van der Waals surface area (Å²) in [6.07, 6.45) is 17.8. The van der Waals surface area contributed by atoms with Crippen molar-refractivity contribution in [1.82, 2.24) is 4.90 Å². The maximum atomic E-state index is 6.56. The highest BCUT2D eigenvalue weighted by atomic mass is 35.5. The Balaban J connectivity index is 0.000000880. The van der Waals surface area contributed by atoms with Crippen molar-refractivity contribution in [2.45, 2.75) is 63.8 Å². The molecule has 1 fully saturated rings. The average molecular weight is 361 g/mol. The van der Waals surface area contributed by atoms with Gasteiger partial charge in [-0.15, -0.1) is 11.6 Å². The van der Waals surface area contributed by atoms with Gasteiger partial charge in [-0.3, -0.25) is 9.89 Å². The lowest BCUT2D eigenvalue weighted by Gasteiger charge is -2.37. The van der Waals surface area contributed by atoms with Gasteiger partial charge in [-0.2, -0.15) is 0 Å². The molecule has 0 aromatic heterocycles. The van der Waals surface area contributed by atoms with Crippen molar-refractivity contribution in [3.05, 3.63) is 47.4 Å². The van der Waals surface area contributed by atoms with E-state index in [9.17, 15) is 0 Å². The third kappa shape index (κ3) is 4.09. The topological polar surface area (TPSA) is 24.8 Å². The van der Waals surface area contributed by atoms with Gasteiger partial charge < -0.3 is 4.74 Å². The highest BCUT2D eigenvalue weighted by Crippen LogP contribution is 2.32. The molecule has 136 valence electrons. The number of fused-ring (bicyclic) bond motifs is 2. The summed E-state index contributed by atoms with van der Waals surface area (Å²) < 4.78 is 6.19. The zero-order valence-corrected chi connectivity index (χ0v) is 16.1. The van der Waals surface area contributed by atoms with Crippen LogP contribution in [0.3, 0.4) is 0 Å². The number of rotatable bonds is 1. The van der Waals surface area contributed by atoms with Crippen LogP contribution >= 0.6 is 11.6 Å². The first-order valence-electron chi connectivity index (χ1n) is 9.69. The van der Waals surface area contributed by atoms with E-state index in [-0.39, 0.29) is 5.38 Å². The fraction of sp³-hybridized carbons (Fsp3) is 0.571. The molecular weight excluding hydrogens is 332 g/mol. The molecular formula is C21H29ClN2O. The molecule has 0 radical (unpaired) electrons. The van der Waals surface area contributed by atoms with Gasteiger partial charge in [0.05, 0.1) is 5.38 Å². The highest BCUT2D eigenvalue weighted by molar-refractivity contribution is 6.30. The molecule has 2 aliphatic heterocycles. The van der Waals surface area contributed by atoms with Crippen LogP contribution in [-0.4, -0.2) is 35.3 Å². The minimum Gasteiger partial charge on any atom is -0.476 e. The van der Waals surface area contributed by atoms with Gasteiger partial charge in [0.1, 0.15) is 12.4 Å². The van der Waals surface area contributed by atoms with E-state index >= 15 is 0 Å². The number of allylic oxidation sites excluding steroid dienone is 4. The number of ether oxygens (including phenoxy) is 1. The van der Waals surface area contributed by atoms with Gasteiger partial charge in [0.15, 0.2) is 5.76 Å². The van der Waals surface area contributed by atoms with Gasteiger partial charge in [-0.05, 0) is 24.8 Å². The highest BCUT2D eigenvalue weighted by Gasteiger charge is 2.32. The molecule has 4 aliphatic rings. The van der Waals surface area contributed by atoms with Gasteiger partial charge in [0.25, 0.3) is 0 Å². The summed E-state index contributed by atoms with van der Waals surface area (Å²) in [5.41, 5.74) is 3.20. The van der Waals surface area contributed by atoms with Crippen LogP contribution in [0.2, 0.25) is 0 Å². The molecule has 2 heterocycles. The monoisotopic (exact) mass is 360 g/mol. The van der Waals surface area contributed by atoms with Gasteiger partial charge in [-0.1, -0.05) is 57.4 Å². The first kappa shape index (κ1) is 18.5. The van der Waals surface area contributed by atoms with Gasteiger partial charge in [0.2, 0.25) is 0 Å². The van der Waals surface area contributed by atoms with Crippen LogP contribution in [-0.2, 0) is 4.74 Å². The molecule has 1 unspecified atom stereocenters. The molecule has 0 N–H and O–H groups in total. The number of nitrogens with zero attached hydrogens (tertiary/aromatic N) is 2. The van der Waals surface area contributed by atoms with Crippen LogP contribution in [0.5, 0.6) is 0 Å². The van der Waals surface area contributed by atoms with E-state index in [1.807, 2.05) is 20.0 Å². The van der Waals surface area contributed by atoms with Crippen LogP contribution in [0, 0.1) is 0 Å². The van der Waals surface area contributed by atoms with Crippen LogP contribution in [0.4, 0.5) is 0 Å². The second kappa shape index (κ2) is 8.86. The standard InChI is InChI=1S/C19H23ClN2O.C2H6/c20-17-10-9-14-12-22(15-6-2-1-3-7-15)13-23-19(14)18-16(17)8-4-5-11-21-18;1-2/h5,8-11,15,17H,1-4,6-7,12-13H2;1-2H3. The largest absolute Gasteiger partial charge is 0.476 e. The van der Waals surface area contributed by atoms with Crippen molar-refractivity contribution in [2.75, 3.05) is 13.3 Å². The lowest BCUT2D eigenvalue weighted by atomic mass is 9.93. The SMILES string of the molecule is CC.ClC1C=CC2=C(OCN(C3CCCCC3)C2)C2=NC=CCC=C21. The second-order valence-corrected chi connectivity index (χ2v) is 7.16. The Bertz CT molecular complexity index is 624. The molecule has 3 nitrogen and oxygen atoms in total. The van der Waals surface area contributed by atoms with Crippen LogP contribution in [0.25, 0.3) is 0 Å². The first-order chi connectivity index (χ1) is 12.3. The number of halogens is 1. The molecule has 1 saturated carbocycles. The molecule has 0 saturated heterocycles. The lowest BCUT2D eigenvalue weighted by molar-refractivity contribution is 0.0251. The van der Waals surface area contributed by atoms with Crippen molar-refractivity contribution in [3.8, 4) is 0 Å². The van der Waals surface area contributed by atoms with E-state index in [1.165, 1.54) is 37.7 Å². The number of aliphatic imine (C=N–C) groups is 1. The third-order valence-electron chi connectivity index (χ3n) is 5.17. The molecule has 4 rings (SSSR count). The fourth-order valence-electron chi connectivity index (χ4n) is 3.90. The zero-order valence-electron chi connectivity index (χ0n) is 15.4. The number of hydrogen-bond donors (Lipinski definition) is 0. The summed E-state index contributed by atoms with van der Waals surface area (Å²) in [4.78, 5) is 7.10. The fourth-order valence-corrected chi connectivity index (χ4v) is 4.16. The Morgan fingerprint density at radius 1 is 1.20 bits per heavy atom. The molecule has 4 heteroatoms. The number of hydrogen-bond acceptors (Lipinski definition) is 3. The Morgan fingerprint density at radius 3 is 2.80 bits per heavy atom. The Kier molecular flexibility index (Phi) is 6.55. The molecule has 1 atom stereocenters. The third-order valence-corrected chi connectivity index (χ3v) is 5.55. The van der Waals surface area contributed by atoms with E-state index in [1.54, 1.807) is 0 Å². The summed E-state index contributed by atoms with van der Waals surface area (Å²) in [5.74, 6) is 0.925. The van der Waals surface area contributed by atoms with Gasteiger partial charge in [0, 0.05) is 24.4 Å². The summed E-state index contributed by atoms with van der Waals surface area (Å²) in [5, 5.41) is -0.133. The average Bonchev–Trinajstić information content (AvgIpc) is 3.00. The van der Waals surface area contributed by atoms with Crippen LogP contribution in [0.1, 0.15) is 52.4 Å². The quantitative estimate of drug-likeness (QED) is 0.589. The molecule has 0 spiro atoms. The normalized spacial score (nSPS) is 26.9. The van der Waals surface area contributed by atoms with Crippen molar-refractivity contribution in [1.29, 1.82) is 0 Å². The minimum absolute atomic E-state index is 0.133. The second-order valence-electron chi connectivity index (χ2n) is 6.69. The van der Waals surface area contributed by atoms with E-state index < -0.39 is 0 Å². The smallest absolute Gasteiger partial charge is 0.151 e. The number of alkyl halides is 1. The summed E-state index contributed by atoms with van der Waals surface area (Å²) in [6, 6.07) is 0.659. The summed E-state index contributed by atoms with van der Waals surface area (Å²) in [7, 11) is 0. The van der Waals surface area contributed by atoms with Crippen LogP contribution < -0.4 is 0 Å². The maximum absolute atomic E-state index is 6.56. The van der Waals surface area contributed by atoms with E-state index in [2.05, 4.69) is 34.2 Å². The molecule has 2 aliphatic carbocycles. The molecule has 0 bridgehead atoms. The Morgan fingerprint density at radius 2 is 2.00 bits per heavy atom. The lowest BCUT2D eigenvalue weighted by Crippen LogP contribution is -2.42. The summed E-state index contributed by atoms with van der Waals surface area (Å²) in [6.45, 7) is 5.61.